The molecule has 15 heavy (non-hydrogen) atoms. The van der Waals surface area contributed by atoms with Gasteiger partial charge in [-0.05, 0) is 30.5 Å². The van der Waals surface area contributed by atoms with Gasteiger partial charge in [-0.15, -0.1) is 0 Å². The lowest BCUT2D eigenvalue weighted by atomic mass is 10.0. The molecule has 0 spiro atoms. The van der Waals surface area contributed by atoms with Gasteiger partial charge in [0.2, 0.25) is 5.91 Å². The first-order chi connectivity index (χ1) is 7.17. The summed E-state index contributed by atoms with van der Waals surface area (Å²) in [6.45, 7) is 6.28. The van der Waals surface area contributed by atoms with Crippen LogP contribution < -0.4 is 5.32 Å². The zero-order chi connectivity index (χ0) is 11.3. The van der Waals surface area contributed by atoms with Crippen LogP contribution in [0.3, 0.4) is 0 Å². The number of aryl methyl sites for hydroxylation is 2. The molecular weight excluding hydrogens is 186 g/mol. The van der Waals surface area contributed by atoms with Crippen molar-refractivity contribution in [2.75, 3.05) is 5.32 Å². The Hall–Kier alpha value is -1.31. The molecule has 2 nitrogen and oxygen atoms in total. The summed E-state index contributed by atoms with van der Waals surface area (Å²) in [6, 6.07) is 6.19. The Kier molecular flexibility index (Phi) is 4.35. The van der Waals surface area contributed by atoms with Crippen molar-refractivity contribution in [1.29, 1.82) is 0 Å². The first kappa shape index (κ1) is 11.8. The number of rotatable bonds is 0. The van der Waals surface area contributed by atoms with Gasteiger partial charge in [-0.25, -0.2) is 0 Å². The lowest BCUT2D eigenvalue weighted by molar-refractivity contribution is -0.116. The van der Waals surface area contributed by atoms with E-state index >= 15 is 0 Å². The van der Waals surface area contributed by atoms with Crippen molar-refractivity contribution in [1.82, 2.24) is 0 Å². The van der Waals surface area contributed by atoms with E-state index in [-0.39, 0.29) is 5.91 Å². The van der Waals surface area contributed by atoms with Crippen LogP contribution in [0.5, 0.6) is 0 Å². The Morgan fingerprint density at radius 2 is 1.93 bits per heavy atom. The number of nitrogens with one attached hydrogen (secondary N) is 1. The van der Waals surface area contributed by atoms with E-state index in [1.165, 1.54) is 17.5 Å². The summed E-state index contributed by atoms with van der Waals surface area (Å²) in [4.78, 5) is 11.0. The topological polar surface area (TPSA) is 29.1 Å². The standard InChI is InChI=1S/C10H11NO.C3H8/c1-7-2-3-8-4-5-10(12)11-9(8)6-7;1-3-2/h2-3,6H,4-5H2,1H3,(H,11,12);3H2,1-2H3. The molecule has 1 amide bonds. The fourth-order valence-electron chi connectivity index (χ4n) is 1.49. The second kappa shape index (κ2) is 5.54. The minimum atomic E-state index is 0.133. The monoisotopic (exact) mass is 205 g/mol. The molecule has 1 aromatic carbocycles. The average Bonchev–Trinajstić information content (AvgIpc) is 2.18. The molecule has 0 radical (unpaired) electrons. The Morgan fingerprint density at radius 1 is 1.27 bits per heavy atom. The van der Waals surface area contributed by atoms with Crippen molar-refractivity contribution < 1.29 is 4.79 Å². The fraction of sp³-hybridized carbons (Fsp3) is 0.462. The predicted molar refractivity (Wildman–Crippen MR) is 64.1 cm³/mol. The summed E-state index contributed by atoms with van der Waals surface area (Å²) >= 11 is 0. The van der Waals surface area contributed by atoms with E-state index in [4.69, 9.17) is 0 Å². The molecule has 0 bridgehead atoms. The number of amides is 1. The molecule has 0 fully saturated rings. The molecule has 82 valence electrons. The number of carbonyl (C=O) groups excluding carboxylic acids is 1. The lowest BCUT2D eigenvalue weighted by Gasteiger charge is -2.16. The van der Waals surface area contributed by atoms with E-state index in [0.29, 0.717) is 6.42 Å². The Morgan fingerprint density at radius 3 is 2.60 bits per heavy atom. The molecule has 0 unspecified atom stereocenters. The molecular formula is C13H19NO. The number of benzene rings is 1. The number of anilines is 1. The largest absolute Gasteiger partial charge is 0.326 e. The minimum absolute atomic E-state index is 0.133. The average molecular weight is 205 g/mol. The molecule has 1 heterocycles. The van der Waals surface area contributed by atoms with E-state index in [1.54, 1.807) is 0 Å². The minimum Gasteiger partial charge on any atom is -0.326 e. The third-order valence-corrected chi connectivity index (χ3v) is 2.16. The summed E-state index contributed by atoms with van der Waals surface area (Å²) < 4.78 is 0. The van der Waals surface area contributed by atoms with Crippen LogP contribution in [0.2, 0.25) is 0 Å². The molecule has 0 aliphatic carbocycles. The van der Waals surface area contributed by atoms with Gasteiger partial charge in [0.1, 0.15) is 0 Å². The van der Waals surface area contributed by atoms with E-state index < -0.39 is 0 Å². The van der Waals surface area contributed by atoms with Crippen molar-refractivity contribution in [2.24, 2.45) is 0 Å². The van der Waals surface area contributed by atoms with E-state index in [1.807, 2.05) is 13.0 Å². The Bertz CT molecular complexity index is 344. The highest BCUT2D eigenvalue weighted by Gasteiger charge is 2.13. The summed E-state index contributed by atoms with van der Waals surface area (Å²) in [6.07, 6.45) is 2.75. The zero-order valence-electron chi connectivity index (χ0n) is 9.76. The maximum Gasteiger partial charge on any atom is 0.224 e. The predicted octanol–water partition coefficient (Wildman–Crippen LogP) is 3.30. The van der Waals surface area contributed by atoms with Gasteiger partial charge in [0.15, 0.2) is 0 Å². The van der Waals surface area contributed by atoms with Crippen LogP contribution in [0.15, 0.2) is 18.2 Å². The smallest absolute Gasteiger partial charge is 0.224 e. The Balaban J connectivity index is 0.000000337. The van der Waals surface area contributed by atoms with Crippen LogP contribution >= 0.6 is 0 Å². The van der Waals surface area contributed by atoms with E-state index in [2.05, 4.69) is 31.3 Å². The first-order valence-corrected chi connectivity index (χ1v) is 5.56. The van der Waals surface area contributed by atoms with Crippen LogP contribution in [0.1, 0.15) is 37.8 Å². The molecule has 1 aliphatic heterocycles. The molecule has 1 aromatic rings. The molecule has 0 aromatic heterocycles. The quantitative estimate of drug-likeness (QED) is 0.691. The molecule has 2 heteroatoms. The first-order valence-electron chi connectivity index (χ1n) is 5.56. The lowest BCUT2D eigenvalue weighted by Crippen LogP contribution is -2.18. The molecule has 0 saturated carbocycles. The van der Waals surface area contributed by atoms with E-state index in [0.717, 1.165) is 12.1 Å². The van der Waals surface area contributed by atoms with Crippen LogP contribution in [0.4, 0.5) is 5.69 Å². The summed E-state index contributed by atoms with van der Waals surface area (Å²) in [5, 5.41) is 2.86. The maximum absolute atomic E-state index is 11.0. The second-order valence-corrected chi connectivity index (χ2v) is 3.92. The van der Waals surface area contributed by atoms with Crippen LogP contribution in [-0.2, 0) is 11.2 Å². The molecule has 0 saturated heterocycles. The molecule has 1 aliphatic rings. The number of fused-ring (bicyclic) bond motifs is 1. The fourth-order valence-corrected chi connectivity index (χ4v) is 1.49. The number of hydrogen-bond acceptors (Lipinski definition) is 1. The second-order valence-electron chi connectivity index (χ2n) is 3.92. The summed E-state index contributed by atoms with van der Waals surface area (Å²) in [5.41, 5.74) is 3.43. The van der Waals surface area contributed by atoms with Crippen molar-refractivity contribution in [3.63, 3.8) is 0 Å². The third kappa shape index (κ3) is 3.39. The van der Waals surface area contributed by atoms with Gasteiger partial charge < -0.3 is 5.32 Å². The molecule has 2 rings (SSSR count). The summed E-state index contributed by atoms with van der Waals surface area (Å²) in [7, 11) is 0. The molecule has 1 N–H and O–H groups in total. The SMILES string of the molecule is CCC.Cc1ccc2c(c1)NC(=O)CC2. The highest BCUT2D eigenvalue weighted by molar-refractivity contribution is 5.93. The van der Waals surface area contributed by atoms with Gasteiger partial charge in [-0.1, -0.05) is 32.4 Å². The van der Waals surface area contributed by atoms with Gasteiger partial charge in [0, 0.05) is 12.1 Å². The van der Waals surface area contributed by atoms with Crippen LogP contribution in [0.25, 0.3) is 0 Å². The highest BCUT2D eigenvalue weighted by atomic mass is 16.1. The third-order valence-electron chi connectivity index (χ3n) is 2.16. The van der Waals surface area contributed by atoms with Crippen LogP contribution in [-0.4, -0.2) is 5.91 Å². The van der Waals surface area contributed by atoms with Crippen molar-refractivity contribution in [3.8, 4) is 0 Å². The van der Waals surface area contributed by atoms with Crippen LogP contribution in [0, 0.1) is 6.92 Å². The summed E-state index contributed by atoms with van der Waals surface area (Å²) in [5.74, 6) is 0.133. The number of carbonyl (C=O) groups is 1. The zero-order valence-corrected chi connectivity index (χ0v) is 9.76. The van der Waals surface area contributed by atoms with Crippen molar-refractivity contribution >= 4 is 11.6 Å². The highest BCUT2D eigenvalue weighted by Crippen LogP contribution is 2.22. The van der Waals surface area contributed by atoms with Gasteiger partial charge in [0.05, 0.1) is 0 Å². The van der Waals surface area contributed by atoms with Gasteiger partial charge >= 0.3 is 0 Å². The van der Waals surface area contributed by atoms with Crippen molar-refractivity contribution in [3.05, 3.63) is 29.3 Å². The van der Waals surface area contributed by atoms with Gasteiger partial charge in [-0.2, -0.15) is 0 Å². The van der Waals surface area contributed by atoms with Gasteiger partial charge in [0.25, 0.3) is 0 Å². The van der Waals surface area contributed by atoms with E-state index in [9.17, 15) is 4.79 Å². The maximum atomic E-state index is 11.0. The van der Waals surface area contributed by atoms with Gasteiger partial charge in [-0.3, -0.25) is 4.79 Å². The molecule has 0 atom stereocenters. The Labute approximate surface area is 91.7 Å². The normalized spacial score (nSPS) is 13.4. The van der Waals surface area contributed by atoms with Crippen molar-refractivity contribution in [2.45, 2.75) is 40.0 Å². The number of hydrogen-bond donors (Lipinski definition) is 1.